The van der Waals surface area contributed by atoms with Gasteiger partial charge in [-0.3, -0.25) is 9.89 Å². The second-order valence-electron chi connectivity index (χ2n) is 7.15. The Bertz CT molecular complexity index is 331. The van der Waals surface area contributed by atoms with E-state index in [1.54, 1.807) is 0 Å². The first-order chi connectivity index (χ1) is 11.1. The highest BCUT2D eigenvalue weighted by atomic mass is 127. The molecule has 0 aromatic rings. The van der Waals surface area contributed by atoms with E-state index in [0.29, 0.717) is 18.5 Å². The van der Waals surface area contributed by atoms with Crippen molar-refractivity contribution >= 4 is 29.9 Å². The van der Waals surface area contributed by atoms with Crippen LogP contribution < -0.4 is 10.6 Å². The molecule has 2 unspecified atom stereocenters. The van der Waals surface area contributed by atoms with Crippen LogP contribution in [0.15, 0.2) is 4.99 Å². The molecule has 0 aromatic carbocycles. The Hall–Kier alpha value is -0.0800. The normalized spacial score (nSPS) is 19.3. The largest absolute Gasteiger partial charge is 0.396 e. The van der Waals surface area contributed by atoms with Crippen LogP contribution in [-0.4, -0.2) is 61.3 Å². The number of rotatable bonds is 8. The minimum absolute atomic E-state index is 0. The summed E-state index contributed by atoms with van der Waals surface area (Å²) in [4.78, 5) is 7.25. The maximum absolute atomic E-state index is 9.15. The first kappa shape index (κ1) is 23.9. The van der Waals surface area contributed by atoms with E-state index < -0.39 is 0 Å². The molecule has 144 valence electrons. The van der Waals surface area contributed by atoms with E-state index >= 15 is 0 Å². The van der Waals surface area contributed by atoms with E-state index in [0.717, 1.165) is 19.0 Å². The minimum atomic E-state index is 0. The molecule has 3 N–H and O–H groups in total. The van der Waals surface area contributed by atoms with E-state index in [1.165, 1.54) is 38.8 Å². The van der Waals surface area contributed by atoms with Crippen molar-refractivity contribution in [2.24, 2.45) is 16.8 Å². The minimum Gasteiger partial charge on any atom is -0.396 e. The monoisotopic (exact) mass is 454 g/mol. The van der Waals surface area contributed by atoms with E-state index in [-0.39, 0.29) is 36.5 Å². The van der Waals surface area contributed by atoms with Crippen molar-refractivity contribution in [1.29, 1.82) is 0 Å². The number of nitrogens with one attached hydrogen (secondary N) is 2. The topological polar surface area (TPSA) is 59.9 Å². The molecule has 0 spiro atoms. The lowest BCUT2D eigenvalue weighted by Crippen LogP contribution is -2.49. The molecule has 1 aliphatic rings. The molecule has 2 atom stereocenters. The molecule has 5 nitrogen and oxygen atoms in total. The molecule has 0 aromatic heterocycles. The number of nitrogens with zero attached hydrogens (tertiary/aromatic N) is 2. The third-order valence-electron chi connectivity index (χ3n) is 4.57. The Kier molecular flexibility index (Phi) is 14.1. The van der Waals surface area contributed by atoms with Crippen LogP contribution in [0.1, 0.15) is 53.4 Å². The maximum atomic E-state index is 9.15. The van der Waals surface area contributed by atoms with Gasteiger partial charge in [-0.05, 0) is 44.7 Å². The zero-order valence-electron chi connectivity index (χ0n) is 16.1. The molecule has 0 aliphatic carbocycles. The van der Waals surface area contributed by atoms with Crippen LogP contribution in [0.3, 0.4) is 0 Å². The Morgan fingerprint density at radius 3 is 2.21 bits per heavy atom. The van der Waals surface area contributed by atoms with Gasteiger partial charge in [0.15, 0.2) is 5.96 Å². The SMILES string of the molecule is CCNC(=NCC(C)CO)NCC(C(C)C)N1CCCCCC1.I. The zero-order chi connectivity index (χ0) is 17.1. The van der Waals surface area contributed by atoms with Crippen LogP contribution in [0, 0.1) is 11.8 Å². The van der Waals surface area contributed by atoms with Gasteiger partial charge in [0, 0.05) is 32.3 Å². The fourth-order valence-corrected chi connectivity index (χ4v) is 3.06. The highest BCUT2D eigenvalue weighted by Gasteiger charge is 2.22. The zero-order valence-corrected chi connectivity index (χ0v) is 18.4. The second-order valence-corrected chi connectivity index (χ2v) is 7.15. The van der Waals surface area contributed by atoms with Gasteiger partial charge < -0.3 is 15.7 Å². The predicted molar refractivity (Wildman–Crippen MR) is 114 cm³/mol. The molecule has 1 heterocycles. The molecular formula is C18H39IN4O. The average molecular weight is 454 g/mol. The number of aliphatic imine (C=N–C) groups is 1. The summed E-state index contributed by atoms with van der Waals surface area (Å²) >= 11 is 0. The highest BCUT2D eigenvalue weighted by molar-refractivity contribution is 14.0. The molecule has 6 heteroatoms. The first-order valence-electron chi connectivity index (χ1n) is 9.45. The van der Waals surface area contributed by atoms with Crippen molar-refractivity contribution in [3.05, 3.63) is 0 Å². The summed E-state index contributed by atoms with van der Waals surface area (Å²) < 4.78 is 0. The molecular weight excluding hydrogens is 415 g/mol. The van der Waals surface area contributed by atoms with Gasteiger partial charge in [-0.2, -0.15) is 0 Å². The van der Waals surface area contributed by atoms with Crippen molar-refractivity contribution in [3.8, 4) is 0 Å². The highest BCUT2D eigenvalue weighted by Crippen LogP contribution is 2.17. The average Bonchev–Trinajstić information content (AvgIpc) is 2.81. The summed E-state index contributed by atoms with van der Waals surface area (Å²) in [6.45, 7) is 13.8. The van der Waals surface area contributed by atoms with Crippen LogP contribution in [0.25, 0.3) is 0 Å². The molecule has 0 saturated carbocycles. The van der Waals surface area contributed by atoms with Gasteiger partial charge in [0.25, 0.3) is 0 Å². The molecule has 1 fully saturated rings. The summed E-state index contributed by atoms with van der Waals surface area (Å²) in [6.07, 6.45) is 5.40. The van der Waals surface area contributed by atoms with Gasteiger partial charge in [0.1, 0.15) is 0 Å². The maximum Gasteiger partial charge on any atom is 0.191 e. The van der Waals surface area contributed by atoms with Crippen LogP contribution in [-0.2, 0) is 0 Å². The van der Waals surface area contributed by atoms with Gasteiger partial charge in [-0.1, -0.05) is 33.6 Å². The molecule has 0 radical (unpaired) electrons. The number of hydrogen-bond acceptors (Lipinski definition) is 3. The summed E-state index contributed by atoms with van der Waals surface area (Å²) in [5.74, 6) is 1.70. The fraction of sp³-hybridized carbons (Fsp3) is 0.944. The standard InChI is InChI=1S/C18H38N4O.HI/c1-5-19-18(20-12-16(4)14-23)21-13-17(15(2)3)22-10-8-6-7-9-11-22;/h15-17,23H,5-14H2,1-4H3,(H2,19,20,21);1H. The van der Waals surface area contributed by atoms with Crippen molar-refractivity contribution in [2.75, 3.05) is 39.3 Å². The van der Waals surface area contributed by atoms with E-state index in [2.05, 4.69) is 41.3 Å². The number of likely N-dealkylation sites (tertiary alicyclic amines) is 1. The lowest BCUT2D eigenvalue weighted by Gasteiger charge is -2.34. The fourth-order valence-electron chi connectivity index (χ4n) is 3.06. The molecule has 1 saturated heterocycles. The van der Waals surface area contributed by atoms with Crippen molar-refractivity contribution < 1.29 is 5.11 Å². The van der Waals surface area contributed by atoms with Crippen LogP contribution in [0.5, 0.6) is 0 Å². The van der Waals surface area contributed by atoms with Crippen molar-refractivity contribution in [2.45, 2.75) is 59.4 Å². The smallest absolute Gasteiger partial charge is 0.191 e. The summed E-state index contributed by atoms with van der Waals surface area (Å²) in [5, 5.41) is 16.0. The van der Waals surface area contributed by atoms with Gasteiger partial charge >= 0.3 is 0 Å². The van der Waals surface area contributed by atoms with Crippen molar-refractivity contribution in [3.63, 3.8) is 0 Å². The Morgan fingerprint density at radius 2 is 1.71 bits per heavy atom. The molecule has 1 aliphatic heterocycles. The molecule has 1 rings (SSSR count). The third-order valence-corrected chi connectivity index (χ3v) is 4.57. The summed E-state index contributed by atoms with van der Waals surface area (Å²) in [5.41, 5.74) is 0. The summed E-state index contributed by atoms with van der Waals surface area (Å²) in [6, 6.07) is 0.548. The number of guanidine groups is 1. The molecule has 0 bridgehead atoms. The van der Waals surface area contributed by atoms with Crippen LogP contribution >= 0.6 is 24.0 Å². The van der Waals surface area contributed by atoms with Crippen LogP contribution in [0.2, 0.25) is 0 Å². The third kappa shape index (κ3) is 9.42. The van der Waals surface area contributed by atoms with Crippen molar-refractivity contribution in [1.82, 2.24) is 15.5 Å². The number of aliphatic hydroxyl groups is 1. The lowest BCUT2D eigenvalue weighted by molar-refractivity contribution is 0.161. The van der Waals surface area contributed by atoms with E-state index in [4.69, 9.17) is 5.11 Å². The van der Waals surface area contributed by atoms with E-state index in [1.807, 2.05) is 6.92 Å². The lowest BCUT2D eigenvalue weighted by atomic mass is 10.0. The predicted octanol–water partition coefficient (Wildman–Crippen LogP) is 2.69. The Labute approximate surface area is 166 Å². The van der Waals surface area contributed by atoms with Gasteiger partial charge in [-0.15, -0.1) is 24.0 Å². The number of hydrogen-bond donors (Lipinski definition) is 3. The van der Waals surface area contributed by atoms with E-state index in [9.17, 15) is 0 Å². The Balaban J connectivity index is 0.00000529. The molecule has 24 heavy (non-hydrogen) atoms. The van der Waals surface area contributed by atoms with Gasteiger partial charge in [0.2, 0.25) is 0 Å². The van der Waals surface area contributed by atoms with Gasteiger partial charge in [-0.25, -0.2) is 0 Å². The summed E-state index contributed by atoms with van der Waals surface area (Å²) in [7, 11) is 0. The number of halogens is 1. The quantitative estimate of drug-likeness (QED) is 0.300. The van der Waals surface area contributed by atoms with Gasteiger partial charge in [0.05, 0.1) is 0 Å². The van der Waals surface area contributed by atoms with Crippen LogP contribution in [0.4, 0.5) is 0 Å². The Morgan fingerprint density at radius 1 is 1.08 bits per heavy atom. The number of aliphatic hydroxyl groups excluding tert-OH is 1. The first-order valence-corrected chi connectivity index (χ1v) is 9.45. The molecule has 0 amide bonds. The second kappa shape index (κ2) is 14.1.